The highest BCUT2D eigenvalue weighted by molar-refractivity contribution is 5.99. The third kappa shape index (κ3) is 4.25. The van der Waals surface area contributed by atoms with Crippen LogP contribution in [0.4, 0.5) is 5.69 Å². The fourth-order valence-corrected chi connectivity index (χ4v) is 6.44. The van der Waals surface area contributed by atoms with Crippen LogP contribution in [0.25, 0.3) is 38.6 Å². The molecule has 1 fully saturated rings. The topological polar surface area (TPSA) is 46.0 Å². The molecule has 0 atom stereocenters. The zero-order chi connectivity index (χ0) is 26.7. The minimum atomic E-state index is 0.139. The molecule has 1 N–H and O–H groups in total. The normalized spacial score (nSPS) is 17.7. The highest BCUT2D eigenvalue weighted by Gasteiger charge is 2.42. The first-order valence-corrected chi connectivity index (χ1v) is 13.6. The SMILES string of the molecule is Cc1nn(-c2cccc(NC3CC(C)(C)N(C)C(C)(C)C3)c2)c2cccc(-c3cnc4ccccc4c3)c12. The number of nitrogens with zero attached hydrogens (tertiary/aromatic N) is 4. The number of fused-ring (bicyclic) bond motifs is 2. The summed E-state index contributed by atoms with van der Waals surface area (Å²) in [6.45, 7) is 11.5. The van der Waals surface area contributed by atoms with Crippen molar-refractivity contribution in [3.8, 4) is 16.8 Å². The number of nitrogens with one attached hydrogen (secondary N) is 1. The molecule has 1 saturated heterocycles. The van der Waals surface area contributed by atoms with Gasteiger partial charge in [-0.25, -0.2) is 4.68 Å². The quantitative estimate of drug-likeness (QED) is 0.274. The van der Waals surface area contributed by atoms with Crippen molar-refractivity contribution in [3.05, 3.63) is 84.7 Å². The lowest BCUT2D eigenvalue weighted by molar-refractivity contribution is -0.00767. The molecule has 5 heteroatoms. The fraction of sp³-hybridized carbons (Fsp3) is 0.333. The molecule has 0 radical (unpaired) electrons. The molecule has 6 rings (SSSR count). The smallest absolute Gasteiger partial charge is 0.0750 e. The average Bonchev–Trinajstić information content (AvgIpc) is 3.23. The summed E-state index contributed by atoms with van der Waals surface area (Å²) in [4.78, 5) is 7.24. The van der Waals surface area contributed by atoms with E-state index in [-0.39, 0.29) is 11.1 Å². The van der Waals surface area contributed by atoms with Gasteiger partial charge < -0.3 is 5.32 Å². The van der Waals surface area contributed by atoms with Crippen molar-refractivity contribution in [1.82, 2.24) is 19.7 Å². The van der Waals surface area contributed by atoms with Crippen LogP contribution in [0.1, 0.15) is 46.2 Å². The molecule has 0 amide bonds. The molecule has 0 spiro atoms. The molecule has 3 heterocycles. The molecule has 1 aliphatic rings. The van der Waals surface area contributed by atoms with Gasteiger partial charge in [-0.05, 0) is 96.5 Å². The van der Waals surface area contributed by atoms with Crippen molar-refractivity contribution in [2.45, 2.75) is 64.6 Å². The predicted octanol–water partition coefficient (Wildman–Crippen LogP) is 7.61. The van der Waals surface area contributed by atoms with Crippen molar-refractivity contribution in [3.63, 3.8) is 0 Å². The largest absolute Gasteiger partial charge is 0.382 e. The van der Waals surface area contributed by atoms with Crippen LogP contribution in [0.3, 0.4) is 0 Å². The number of pyridine rings is 1. The molecule has 5 aromatic rings. The third-order valence-corrected chi connectivity index (χ3v) is 8.55. The third-order valence-electron chi connectivity index (χ3n) is 8.55. The lowest BCUT2D eigenvalue weighted by atomic mass is 9.77. The number of benzene rings is 3. The Bertz CT molecular complexity index is 1630. The van der Waals surface area contributed by atoms with E-state index in [0.717, 1.165) is 57.5 Å². The van der Waals surface area contributed by atoms with Crippen LogP contribution in [0.5, 0.6) is 0 Å². The van der Waals surface area contributed by atoms with Crippen LogP contribution in [0.15, 0.2) is 79.0 Å². The zero-order valence-electron chi connectivity index (χ0n) is 23.3. The van der Waals surface area contributed by atoms with Gasteiger partial charge in [0.05, 0.1) is 22.4 Å². The summed E-state index contributed by atoms with van der Waals surface area (Å²) in [5.41, 5.74) is 7.88. The molecule has 0 saturated carbocycles. The van der Waals surface area contributed by atoms with Gasteiger partial charge in [0.1, 0.15) is 0 Å². The summed E-state index contributed by atoms with van der Waals surface area (Å²) in [6.07, 6.45) is 4.18. The molecule has 0 aliphatic carbocycles. The van der Waals surface area contributed by atoms with Crippen LogP contribution in [-0.2, 0) is 0 Å². The van der Waals surface area contributed by atoms with Crippen molar-refractivity contribution in [1.29, 1.82) is 0 Å². The highest BCUT2D eigenvalue weighted by Crippen LogP contribution is 2.38. The van der Waals surface area contributed by atoms with Crippen LogP contribution < -0.4 is 5.32 Å². The van der Waals surface area contributed by atoms with E-state index in [0.29, 0.717) is 6.04 Å². The molecule has 2 aromatic heterocycles. The molecule has 194 valence electrons. The lowest BCUT2D eigenvalue weighted by Gasteiger charge is -2.54. The maximum absolute atomic E-state index is 5.01. The number of hydrogen-bond acceptors (Lipinski definition) is 4. The first-order valence-electron chi connectivity index (χ1n) is 13.6. The summed E-state index contributed by atoms with van der Waals surface area (Å²) in [7, 11) is 2.25. The molecular weight excluding hydrogens is 466 g/mol. The minimum absolute atomic E-state index is 0.139. The number of anilines is 1. The Balaban J connectivity index is 1.36. The minimum Gasteiger partial charge on any atom is -0.382 e. The van der Waals surface area contributed by atoms with Gasteiger partial charge in [-0.3, -0.25) is 9.88 Å². The molecular formula is C33H37N5. The van der Waals surface area contributed by atoms with E-state index >= 15 is 0 Å². The number of rotatable bonds is 4. The second-order valence-electron chi connectivity index (χ2n) is 12.1. The summed E-state index contributed by atoms with van der Waals surface area (Å²) >= 11 is 0. The average molecular weight is 504 g/mol. The van der Waals surface area contributed by atoms with Gasteiger partial charge in [0, 0.05) is 45.3 Å². The van der Waals surface area contributed by atoms with Gasteiger partial charge in [0.15, 0.2) is 0 Å². The van der Waals surface area contributed by atoms with E-state index in [1.807, 2.05) is 12.3 Å². The lowest BCUT2D eigenvalue weighted by Crippen LogP contribution is -2.61. The van der Waals surface area contributed by atoms with E-state index in [1.165, 1.54) is 5.39 Å². The van der Waals surface area contributed by atoms with Crippen molar-refractivity contribution >= 4 is 27.5 Å². The number of likely N-dealkylation sites (tertiary alicyclic amines) is 1. The van der Waals surface area contributed by atoms with Crippen LogP contribution >= 0.6 is 0 Å². The van der Waals surface area contributed by atoms with E-state index < -0.39 is 0 Å². The summed E-state index contributed by atoms with van der Waals surface area (Å²) < 4.78 is 2.08. The summed E-state index contributed by atoms with van der Waals surface area (Å²) in [5, 5.41) is 11.2. The van der Waals surface area contributed by atoms with Gasteiger partial charge in [-0.15, -0.1) is 0 Å². The standard InChI is InChI=1S/C33H37N5/c1-22-31-28(24-17-23-11-7-8-15-29(23)34-21-24)14-10-16-30(31)38(36-22)27-13-9-12-25(18-27)35-26-19-32(2,3)37(6)33(4,5)20-26/h7-18,21,26,35H,19-20H2,1-6H3. The van der Waals surface area contributed by atoms with E-state index in [1.54, 1.807) is 0 Å². The number of para-hydroxylation sites is 1. The van der Waals surface area contributed by atoms with Gasteiger partial charge in [-0.2, -0.15) is 5.10 Å². The molecule has 3 aromatic carbocycles. The van der Waals surface area contributed by atoms with Crippen LogP contribution in [0, 0.1) is 6.92 Å². The molecule has 38 heavy (non-hydrogen) atoms. The molecule has 5 nitrogen and oxygen atoms in total. The van der Waals surface area contributed by atoms with Gasteiger partial charge in [0.2, 0.25) is 0 Å². The number of aromatic nitrogens is 3. The monoisotopic (exact) mass is 503 g/mol. The van der Waals surface area contributed by atoms with Crippen molar-refractivity contribution in [2.75, 3.05) is 12.4 Å². The first-order chi connectivity index (χ1) is 18.1. The Kier molecular flexibility index (Phi) is 5.80. The second-order valence-corrected chi connectivity index (χ2v) is 12.1. The predicted molar refractivity (Wildman–Crippen MR) is 159 cm³/mol. The maximum Gasteiger partial charge on any atom is 0.0750 e. The second kappa shape index (κ2) is 8.95. The van der Waals surface area contributed by atoms with Crippen LogP contribution in [-0.4, -0.2) is 43.8 Å². The summed E-state index contributed by atoms with van der Waals surface area (Å²) in [6, 6.07) is 26.0. The number of hydrogen-bond donors (Lipinski definition) is 1. The van der Waals surface area contributed by atoms with Gasteiger partial charge in [-0.1, -0.05) is 36.4 Å². The molecule has 0 bridgehead atoms. The van der Waals surface area contributed by atoms with E-state index in [2.05, 4.69) is 123 Å². The first kappa shape index (κ1) is 24.6. The summed E-state index contributed by atoms with van der Waals surface area (Å²) in [5.74, 6) is 0. The number of piperidine rings is 1. The molecule has 1 aliphatic heterocycles. The Morgan fingerprint density at radius 2 is 1.61 bits per heavy atom. The van der Waals surface area contributed by atoms with Crippen molar-refractivity contribution < 1.29 is 0 Å². The van der Waals surface area contributed by atoms with E-state index in [9.17, 15) is 0 Å². The molecule has 0 unspecified atom stereocenters. The van der Waals surface area contributed by atoms with Gasteiger partial charge in [0.25, 0.3) is 0 Å². The highest BCUT2D eigenvalue weighted by atomic mass is 15.3. The maximum atomic E-state index is 5.01. The Morgan fingerprint density at radius 1 is 0.868 bits per heavy atom. The Morgan fingerprint density at radius 3 is 2.39 bits per heavy atom. The zero-order valence-corrected chi connectivity index (χ0v) is 23.3. The van der Waals surface area contributed by atoms with E-state index in [4.69, 9.17) is 10.1 Å². The van der Waals surface area contributed by atoms with Crippen LogP contribution in [0.2, 0.25) is 0 Å². The number of aryl methyl sites for hydroxylation is 1. The Hall–Kier alpha value is -3.70. The van der Waals surface area contributed by atoms with Crippen molar-refractivity contribution in [2.24, 2.45) is 0 Å². The van der Waals surface area contributed by atoms with Gasteiger partial charge >= 0.3 is 0 Å². The fourth-order valence-electron chi connectivity index (χ4n) is 6.44. The Labute approximate surface area is 225 Å².